The van der Waals surface area contributed by atoms with Gasteiger partial charge in [-0.2, -0.15) is 0 Å². The molecule has 2 nitrogen and oxygen atoms in total. The van der Waals surface area contributed by atoms with Gasteiger partial charge in [0, 0.05) is 18.2 Å². The predicted molar refractivity (Wildman–Crippen MR) is 68.5 cm³/mol. The van der Waals surface area contributed by atoms with Gasteiger partial charge in [0.2, 0.25) is 0 Å². The zero-order valence-electron chi connectivity index (χ0n) is 11.1. The van der Waals surface area contributed by atoms with Crippen molar-refractivity contribution in [3.05, 3.63) is 35.6 Å². The fraction of sp³-hybridized carbons (Fsp3) is 0.571. The normalized spacial score (nSPS) is 13.7. The Morgan fingerprint density at radius 1 is 1.29 bits per heavy atom. The van der Waals surface area contributed by atoms with E-state index in [4.69, 9.17) is 4.74 Å². The summed E-state index contributed by atoms with van der Waals surface area (Å²) < 4.78 is 19.1. The monoisotopic (exact) mass is 239 g/mol. The minimum Gasteiger partial charge on any atom is -0.375 e. The molecule has 1 aromatic rings. The molecule has 3 heteroatoms. The lowest BCUT2D eigenvalue weighted by Gasteiger charge is -2.21. The molecule has 1 N–H and O–H groups in total. The molecule has 0 saturated heterocycles. The largest absolute Gasteiger partial charge is 0.375 e. The van der Waals surface area contributed by atoms with Crippen molar-refractivity contribution in [1.82, 2.24) is 5.32 Å². The van der Waals surface area contributed by atoms with Crippen LogP contribution in [0.3, 0.4) is 0 Å². The second kappa shape index (κ2) is 6.12. The maximum absolute atomic E-state index is 13.5. The highest BCUT2D eigenvalue weighted by atomic mass is 19.1. The topological polar surface area (TPSA) is 21.3 Å². The fourth-order valence-corrected chi connectivity index (χ4v) is 1.57. The lowest BCUT2D eigenvalue weighted by molar-refractivity contribution is -0.00152. The second-order valence-corrected chi connectivity index (χ2v) is 5.16. The maximum atomic E-state index is 13.5. The van der Waals surface area contributed by atoms with Crippen LogP contribution in [0, 0.1) is 5.82 Å². The van der Waals surface area contributed by atoms with Gasteiger partial charge < -0.3 is 10.1 Å². The predicted octanol–water partition coefficient (Wildman–Crippen LogP) is 3.29. The van der Waals surface area contributed by atoms with Crippen molar-refractivity contribution in [2.24, 2.45) is 0 Å². The van der Waals surface area contributed by atoms with Gasteiger partial charge in [-0.3, -0.25) is 0 Å². The van der Waals surface area contributed by atoms with Crippen molar-refractivity contribution in [3.8, 4) is 0 Å². The van der Waals surface area contributed by atoms with Gasteiger partial charge in [0.15, 0.2) is 0 Å². The third-order valence-electron chi connectivity index (χ3n) is 2.46. The summed E-state index contributed by atoms with van der Waals surface area (Å²) in [5.41, 5.74) is 0.575. The molecule has 0 fully saturated rings. The number of rotatable bonds is 5. The molecule has 0 heterocycles. The summed E-state index contributed by atoms with van der Waals surface area (Å²) in [6, 6.07) is 6.84. The van der Waals surface area contributed by atoms with Crippen LogP contribution in [0.4, 0.5) is 4.39 Å². The Bertz CT molecular complexity index is 346. The zero-order valence-corrected chi connectivity index (χ0v) is 11.1. The molecule has 0 bridgehead atoms. The molecule has 17 heavy (non-hydrogen) atoms. The summed E-state index contributed by atoms with van der Waals surface area (Å²) in [7, 11) is 0. The van der Waals surface area contributed by atoms with Crippen LogP contribution >= 0.6 is 0 Å². The first-order valence-electron chi connectivity index (χ1n) is 6.02. The van der Waals surface area contributed by atoms with E-state index in [2.05, 4.69) is 5.32 Å². The molecule has 1 aromatic carbocycles. The van der Waals surface area contributed by atoms with Gasteiger partial charge in [0.25, 0.3) is 0 Å². The molecule has 0 unspecified atom stereocenters. The molecule has 0 saturated carbocycles. The maximum Gasteiger partial charge on any atom is 0.127 e. The average Bonchev–Trinajstić information content (AvgIpc) is 2.23. The number of benzene rings is 1. The summed E-state index contributed by atoms with van der Waals surface area (Å²) in [6.07, 6.45) is 0. The molecule has 1 atom stereocenters. The van der Waals surface area contributed by atoms with Gasteiger partial charge in [0.1, 0.15) is 5.82 Å². The molecule has 0 aliphatic rings. The lowest BCUT2D eigenvalue weighted by Crippen LogP contribution is -2.28. The first-order chi connectivity index (χ1) is 7.90. The second-order valence-electron chi connectivity index (χ2n) is 5.16. The van der Waals surface area contributed by atoms with Crippen molar-refractivity contribution in [3.63, 3.8) is 0 Å². The van der Waals surface area contributed by atoms with Gasteiger partial charge in [-0.25, -0.2) is 4.39 Å². The number of hydrogen-bond acceptors (Lipinski definition) is 2. The minimum atomic E-state index is -0.163. The third kappa shape index (κ3) is 5.29. The Hall–Kier alpha value is -0.930. The van der Waals surface area contributed by atoms with E-state index in [1.165, 1.54) is 6.07 Å². The van der Waals surface area contributed by atoms with Crippen LogP contribution in [0.2, 0.25) is 0 Å². The van der Waals surface area contributed by atoms with E-state index < -0.39 is 0 Å². The molecular formula is C14H22FNO. The molecule has 0 radical (unpaired) electrons. The van der Waals surface area contributed by atoms with E-state index in [1.807, 2.05) is 33.8 Å². The Morgan fingerprint density at radius 2 is 1.94 bits per heavy atom. The van der Waals surface area contributed by atoms with Crippen LogP contribution in [0.15, 0.2) is 24.3 Å². The number of hydrogen-bond donors (Lipinski definition) is 1. The van der Waals surface area contributed by atoms with Gasteiger partial charge in [-0.05, 0) is 33.8 Å². The van der Waals surface area contributed by atoms with Crippen molar-refractivity contribution in [2.75, 3.05) is 13.2 Å². The van der Waals surface area contributed by atoms with E-state index >= 15 is 0 Å². The van der Waals surface area contributed by atoms with Gasteiger partial charge >= 0.3 is 0 Å². The van der Waals surface area contributed by atoms with Crippen molar-refractivity contribution >= 4 is 0 Å². The third-order valence-corrected chi connectivity index (χ3v) is 2.46. The Kier molecular flexibility index (Phi) is 5.09. The highest BCUT2D eigenvalue weighted by Crippen LogP contribution is 2.15. The minimum absolute atomic E-state index is 0.000214. The molecule has 0 aromatic heterocycles. The Labute approximate surface area is 103 Å². The first kappa shape index (κ1) is 14.1. The van der Waals surface area contributed by atoms with Crippen LogP contribution in [-0.4, -0.2) is 18.8 Å². The Morgan fingerprint density at radius 3 is 2.53 bits per heavy atom. The van der Waals surface area contributed by atoms with Gasteiger partial charge in [0.05, 0.1) is 12.2 Å². The first-order valence-corrected chi connectivity index (χ1v) is 6.02. The quantitative estimate of drug-likeness (QED) is 0.796. The number of halogens is 1. The fourth-order valence-electron chi connectivity index (χ4n) is 1.57. The van der Waals surface area contributed by atoms with E-state index in [0.29, 0.717) is 18.7 Å². The summed E-state index contributed by atoms with van der Waals surface area (Å²) in [5.74, 6) is -0.163. The van der Waals surface area contributed by atoms with Crippen LogP contribution < -0.4 is 5.32 Å². The molecule has 0 spiro atoms. The van der Waals surface area contributed by atoms with E-state index in [0.717, 1.165) is 0 Å². The van der Waals surface area contributed by atoms with E-state index in [1.54, 1.807) is 12.1 Å². The highest BCUT2D eigenvalue weighted by molar-refractivity contribution is 5.20. The number of ether oxygens (including phenoxy) is 1. The van der Waals surface area contributed by atoms with E-state index in [-0.39, 0.29) is 17.5 Å². The van der Waals surface area contributed by atoms with Crippen LogP contribution in [0.25, 0.3) is 0 Å². The zero-order chi connectivity index (χ0) is 12.9. The van der Waals surface area contributed by atoms with Crippen molar-refractivity contribution in [1.29, 1.82) is 0 Å². The highest BCUT2D eigenvalue weighted by Gasteiger charge is 2.11. The lowest BCUT2D eigenvalue weighted by atomic mass is 10.1. The van der Waals surface area contributed by atoms with Crippen LogP contribution in [0.1, 0.15) is 39.3 Å². The van der Waals surface area contributed by atoms with Crippen molar-refractivity contribution in [2.45, 2.75) is 39.3 Å². The van der Waals surface area contributed by atoms with Crippen LogP contribution in [-0.2, 0) is 4.74 Å². The molecule has 1 rings (SSSR count). The average molecular weight is 239 g/mol. The van der Waals surface area contributed by atoms with Crippen molar-refractivity contribution < 1.29 is 9.13 Å². The molecule has 0 aliphatic heterocycles. The standard InChI is InChI=1S/C14H22FNO/c1-11(12-7-5-6-8-13(12)15)16-9-10-17-14(2,3)4/h5-8,11,16H,9-10H2,1-4H3/t11-/m1/s1. The molecular weight excluding hydrogens is 217 g/mol. The van der Waals surface area contributed by atoms with E-state index in [9.17, 15) is 4.39 Å². The summed E-state index contributed by atoms with van der Waals surface area (Å²) >= 11 is 0. The summed E-state index contributed by atoms with van der Waals surface area (Å²) in [6.45, 7) is 9.36. The molecule has 0 aliphatic carbocycles. The Balaban J connectivity index is 2.36. The van der Waals surface area contributed by atoms with Gasteiger partial charge in [-0.15, -0.1) is 0 Å². The molecule has 96 valence electrons. The summed E-state index contributed by atoms with van der Waals surface area (Å²) in [4.78, 5) is 0. The smallest absolute Gasteiger partial charge is 0.127 e. The number of nitrogens with one attached hydrogen (secondary N) is 1. The van der Waals surface area contributed by atoms with Crippen LogP contribution in [0.5, 0.6) is 0 Å². The SMILES string of the molecule is C[C@@H](NCCOC(C)(C)C)c1ccccc1F. The summed E-state index contributed by atoms with van der Waals surface area (Å²) in [5, 5.41) is 3.25. The molecule has 0 amide bonds. The van der Waals surface area contributed by atoms with Gasteiger partial charge in [-0.1, -0.05) is 18.2 Å².